The fourth-order valence-electron chi connectivity index (χ4n) is 3.12. The van der Waals surface area contributed by atoms with Gasteiger partial charge in [-0.15, -0.1) is 0 Å². The zero-order chi connectivity index (χ0) is 21.6. The van der Waals surface area contributed by atoms with E-state index in [1.165, 1.54) is 0 Å². The summed E-state index contributed by atoms with van der Waals surface area (Å²) in [6.07, 6.45) is 0.249. The van der Waals surface area contributed by atoms with Gasteiger partial charge in [0, 0.05) is 12.1 Å². The van der Waals surface area contributed by atoms with E-state index in [2.05, 4.69) is 5.32 Å². The summed E-state index contributed by atoms with van der Waals surface area (Å²) < 4.78 is 5.30. The van der Waals surface area contributed by atoms with Crippen LogP contribution in [0.5, 0.6) is 5.75 Å². The number of carbonyl (C=O) groups excluding carboxylic acids is 2. The maximum Gasteiger partial charge on any atom is 0.242 e. The SMILES string of the molecule is COc1cccc(CN(C(=O)Cc2cccc(C)c2)[C@H](C)C(=O)NC(C)(C)C)c1. The Morgan fingerprint density at radius 3 is 2.34 bits per heavy atom. The lowest BCUT2D eigenvalue weighted by Crippen LogP contribution is -2.52. The second-order valence-corrected chi connectivity index (χ2v) is 8.45. The predicted octanol–water partition coefficient (Wildman–Crippen LogP) is 3.88. The highest BCUT2D eigenvalue weighted by molar-refractivity contribution is 5.88. The molecular weight excluding hydrogens is 364 g/mol. The monoisotopic (exact) mass is 396 g/mol. The topological polar surface area (TPSA) is 58.6 Å². The fraction of sp³-hybridized carbons (Fsp3) is 0.417. The molecule has 0 bridgehead atoms. The van der Waals surface area contributed by atoms with Crippen LogP contribution in [0.2, 0.25) is 0 Å². The number of hydrogen-bond donors (Lipinski definition) is 1. The zero-order valence-corrected chi connectivity index (χ0v) is 18.3. The Morgan fingerprint density at radius 2 is 1.72 bits per heavy atom. The van der Waals surface area contributed by atoms with E-state index in [0.29, 0.717) is 6.54 Å². The third kappa shape index (κ3) is 6.93. The van der Waals surface area contributed by atoms with Gasteiger partial charge in [0.2, 0.25) is 11.8 Å². The molecule has 5 heteroatoms. The molecule has 2 aromatic carbocycles. The van der Waals surface area contributed by atoms with Crippen LogP contribution in [0.1, 0.15) is 44.4 Å². The van der Waals surface area contributed by atoms with E-state index in [1.807, 2.05) is 76.2 Å². The first kappa shape index (κ1) is 22.5. The number of aryl methyl sites for hydroxylation is 1. The van der Waals surface area contributed by atoms with E-state index in [4.69, 9.17) is 4.74 Å². The van der Waals surface area contributed by atoms with Crippen molar-refractivity contribution in [3.8, 4) is 5.75 Å². The Kier molecular flexibility index (Phi) is 7.43. The number of rotatable bonds is 7. The third-order valence-corrected chi connectivity index (χ3v) is 4.59. The zero-order valence-electron chi connectivity index (χ0n) is 18.3. The molecule has 0 aliphatic carbocycles. The van der Waals surface area contributed by atoms with Gasteiger partial charge in [0.05, 0.1) is 13.5 Å². The summed E-state index contributed by atoms with van der Waals surface area (Å²) >= 11 is 0. The van der Waals surface area contributed by atoms with E-state index in [0.717, 1.165) is 22.4 Å². The maximum absolute atomic E-state index is 13.2. The van der Waals surface area contributed by atoms with Crippen LogP contribution in [-0.2, 0) is 22.6 Å². The highest BCUT2D eigenvalue weighted by Crippen LogP contribution is 2.18. The van der Waals surface area contributed by atoms with Gasteiger partial charge < -0.3 is 15.0 Å². The van der Waals surface area contributed by atoms with Gasteiger partial charge in [0.25, 0.3) is 0 Å². The van der Waals surface area contributed by atoms with Crippen LogP contribution < -0.4 is 10.1 Å². The van der Waals surface area contributed by atoms with Crippen LogP contribution in [0.25, 0.3) is 0 Å². The Bertz CT molecular complexity index is 855. The number of ether oxygens (including phenoxy) is 1. The van der Waals surface area contributed by atoms with Gasteiger partial charge >= 0.3 is 0 Å². The van der Waals surface area contributed by atoms with Crippen molar-refractivity contribution in [3.05, 3.63) is 65.2 Å². The highest BCUT2D eigenvalue weighted by atomic mass is 16.5. The molecule has 0 aliphatic heterocycles. The molecule has 1 atom stereocenters. The molecule has 0 saturated heterocycles. The molecule has 0 heterocycles. The molecule has 0 aromatic heterocycles. The lowest BCUT2D eigenvalue weighted by molar-refractivity contribution is -0.140. The molecule has 0 saturated carbocycles. The van der Waals surface area contributed by atoms with Crippen molar-refractivity contribution in [1.82, 2.24) is 10.2 Å². The molecule has 2 aromatic rings. The minimum Gasteiger partial charge on any atom is -0.497 e. The number of methoxy groups -OCH3 is 1. The Balaban J connectivity index is 2.27. The van der Waals surface area contributed by atoms with Gasteiger partial charge in [-0.05, 0) is 57.9 Å². The average Bonchev–Trinajstić information content (AvgIpc) is 2.64. The summed E-state index contributed by atoms with van der Waals surface area (Å²) in [5.74, 6) is 0.466. The van der Waals surface area contributed by atoms with Gasteiger partial charge in [0.1, 0.15) is 11.8 Å². The Labute approximate surface area is 174 Å². The number of benzene rings is 2. The molecule has 0 aliphatic rings. The largest absolute Gasteiger partial charge is 0.497 e. The second-order valence-electron chi connectivity index (χ2n) is 8.45. The van der Waals surface area contributed by atoms with E-state index in [-0.39, 0.29) is 23.8 Å². The standard InChI is InChI=1S/C24H32N2O3/c1-17-9-7-10-19(13-17)15-22(27)26(18(2)23(28)25-24(3,4)5)16-20-11-8-12-21(14-20)29-6/h7-14,18H,15-16H2,1-6H3,(H,25,28)/t18-/m1/s1. The molecule has 156 valence electrons. The first-order valence-corrected chi connectivity index (χ1v) is 9.89. The summed E-state index contributed by atoms with van der Waals surface area (Å²) in [4.78, 5) is 27.6. The van der Waals surface area contributed by atoms with Crippen molar-refractivity contribution in [1.29, 1.82) is 0 Å². The molecule has 29 heavy (non-hydrogen) atoms. The van der Waals surface area contributed by atoms with Crippen molar-refractivity contribution in [2.45, 2.75) is 59.2 Å². The number of nitrogens with one attached hydrogen (secondary N) is 1. The van der Waals surface area contributed by atoms with E-state index in [1.54, 1.807) is 18.9 Å². The van der Waals surface area contributed by atoms with Crippen molar-refractivity contribution >= 4 is 11.8 Å². The molecule has 5 nitrogen and oxygen atoms in total. The van der Waals surface area contributed by atoms with Crippen molar-refractivity contribution in [3.63, 3.8) is 0 Å². The Morgan fingerprint density at radius 1 is 1.07 bits per heavy atom. The number of nitrogens with zero attached hydrogens (tertiary/aromatic N) is 1. The quantitative estimate of drug-likeness (QED) is 0.773. The average molecular weight is 397 g/mol. The van der Waals surface area contributed by atoms with Gasteiger partial charge in [-0.3, -0.25) is 9.59 Å². The summed E-state index contributed by atoms with van der Waals surface area (Å²) in [6, 6.07) is 14.9. The summed E-state index contributed by atoms with van der Waals surface area (Å²) in [6.45, 7) is 9.90. The smallest absolute Gasteiger partial charge is 0.242 e. The van der Waals surface area contributed by atoms with Crippen LogP contribution in [0, 0.1) is 6.92 Å². The van der Waals surface area contributed by atoms with E-state index < -0.39 is 6.04 Å². The molecule has 0 spiro atoms. The van der Waals surface area contributed by atoms with Crippen molar-refractivity contribution in [2.24, 2.45) is 0 Å². The minimum absolute atomic E-state index is 0.0880. The van der Waals surface area contributed by atoms with Crippen LogP contribution >= 0.6 is 0 Å². The van der Waals surface area contributed by atoms with Crippen LogP contribution in [0.15, 0.2) is 48.5 Å². The summed E-state index contributed by atoms with van der Waals surface area (Å²) in [5, 5.41) is 2.98. The molecule has 0 unspecified atom stereocenters. The highest BCUT2D eigenvalue weighted by Gasteiger charge is 2.28. The maximum atomic E-state index is 13.2. The van der Waals surface area contributed by atoms with E-state index >= 15 is 0 Å². The predicted molar refractivity (Wildman–Crippen MR) is 116 cm³/mol. The molecule has 0 radical (unpaired) electrons. The lowest BCUT2D eigenvalue weighted by Gasteiger charge is -2.31. The van der Waals surface area contributed by atoms with Gasteiger partial charge in [-0.2, -0.15) is 0 Å². The van der Waals surface area contributed by atoms with Crippen molar-refractivity contribution in [2.75, 3.05) is 7.11 Å². The van der Waals surface area contributed by atoms with Gasteiger partial charge in [0.15, 0.2) is 0 Å². The van der Waals surface area contributed by atoms with Crippen LogP contribution in [-0.4, -0.2) is 35.4 Å². The number of hydrogen-bond acceptors (Lipinski definition) is 3. The summed E-state index contributed by atoms with van der Waals surface area (Å²) in [5.41, 5.74) is 2.59. The molecule has 2 amide bonds. The fourth-order valence-corrected chi connectivity index (χ4v) is 3.12. The van der Waals surface area contributed by atoms with Gasteiger partial charge in [-0.1, -0.05) is 42.0 Å². The molecule has 2 rings (SSSR count). The first-order valence-electron chi connectivity index (χ1n) is 9.89. The normalized spacial score (nSPS) is 12.2. The van der Waals surface area contributed by atoms with Crippen LogP contribution in [0.4, 0.5) is 0 Å². The minimum atomic E-state index is -0.599. The van der Waals surface area contributed by atoms with Gasteiger partial charge in [-0.25, -0.2) is 0 Å². The Hall–Kier alpha value is -2.82. The molecule has 0 fully saturated rings. The second kappa shape index (κ2) is 9.59. The van der Waals surface area contributed by atoms with Crippen LogP contribution in [0.3, 0.4) is 0 Å². The first-order chi connectivity index (χ1) is 13.6. The van der Waals surface area contributed by atoms with E-state index in [9.17, 15) is 9.59 Å². The summed E-state index contributed by atoms with van der Waals surface area (Å²) in [7, 11) is 1.61. The lowest BCUT2D eigenvalue weighted by atomic mass is 10.1. The van der Waals surface area contributed by atoms with Crippen molar-refractivity contribution < 1.29 is 14.3 Å². The molecule has 1 N–H and O–H groups in total. The number of carbonyl (C=O) groups is 2. The third-order valence-electron chi connectivity index (χ3n) is 4.59. The number of amides is 2. The molecular formula is C24H32N2O3.